The molecular formula is C21H28N2O2. The van der Waals surface area contributed by atoms with Gasteiger partial charge in [0.15, 0.2) is 0 Å². The summed E-state index contributed by atoms with van der Waals surface area (Å²) < 4.78 is 11.5. The molecule has 0 saturated carbocycles. The van der Waals surface area contributed by atoms with E-state index < -0.39 is 0 Å². The predicted molar refractivity (Wildman–Crippen MR) is 102 cm³/mol. The van der Waals surface area contributed by atoms with E-state index >= 15 is 0 Å². The maximum atomic E-state index is 5.76. The first-order chi connectivity index (χ1) is 12.1. The van der Waals surface area contributed by atoms with Crippen LogP contribution in [0.2, 0.25) is 0 Å². The summed E-state index contributed by atoms with van der Waals surface area (Å²) in [4.78, 5) is 0. The molecule has 0 aliphatic heterocycles. The molecule has 4 heteroatoms. The lowest BCUT2D eigenvalue weighted by molar-refractivity contribution is 0.217. The molecule has 0 N–H and O–H groups in total. The largest absolute Gasteiger partial charge is 0.493 e. The van der Waals surface area contributed by atoms with Crippen molar-refractivity contribution in [2.24, 2.45) is 16.1 Å². The van der Waals surface area contributed by atoms with Crippen molar-refractivity contribution >= 4 is 11.4 Å². The monoisotopic (exact) mass is 340 g/mol. The van der Waals surface area contributed by atoms with Crippen LogP contribution in [0.25, 0.3) is 0 Å². The van der Waals surface area contributed by atoms with E-state index in [0.717, 1.165) is 42.3 Å². The molecular weight excluding hydrogens is 312 g/mol. The first-order valence-electron chi connectivity index (χ1n) is 9.02. The highest BCUT2D eigenvalue weighted by Gasteiger charge is 2.02. The van der Waals surface area contributed by atoms with E-state index in [1.54, 1.807) is 0 Å². The van der Waals surface area contributed by atoms with Gasteiger partial charge in [-0.3, -0.25) is 0 Å². The summed E-state index contributed by atoms with van der Waals surface area (Å²) in [6.07, 6.45) is 2.32. The van der Waals surface area contributed by atoms with Crippen LogP contribution in [0.3, 0.4) is 0 Å². The Hall–Kier alpha value is -2.36. The molecule has 2 unspecified atom stereocenters. The number of rotatable bonds is 9. The minimum Gasteiger partial charge on any atom is -0.493 e. The quantitative estimate of drug-likeness (QED) is 0.476. The van der Waals surface area contributed by atoms with Gasteiger partial charge in [0.25, 0.3) is 0 Å². The molecule has 0 bridgehead atoms. The van der Waals surface area contributed by atoms with Crippen molar-refractivity contribution in [1.82, 2.24) is 0 Å². The molecule has 2 aromatic carbocycles. The molecule has 2 aromatic rings. The van der Waals surface area contributed by atoms with E-state index in [-0.39, 0.29) is 6.10 Å². The second-order valence-electron chi connectivity index (χ2n) is 6.35. The van der Waals surface area contributed by atoms with E-state index in [9.17, 15) is 0 Å². The molecule has 0 saturated heterocycles. The predicted octanol–water partition coefficient (Wildman–Crippen LogP) is 6.70. The van der Waals surface area contributed by atoms with Crippen molar-refractivity contribution in [1.29, 1.82) is 0 Å². The van der Waals surface area contributed by atoms with Crippen molar-refractivity contribution < 1.29 is 9.47 Å². The van der Waals surface area contributed by atoms with Gasteiger partial charge in [-0.1, -0.05) is 27.2 Å². The molecule has 0 heterocycles. The van der Waals surface area contributed by atoms with Gasteiger partial charge in [-0.15, -0.1) is 0 Å². The first-order valence-corrected chi connectivity index (χ1v) is 9.02. The van der Waals surface area contributed by atoms with Crippen LogP contribution in [0.4, 0.5) is 11.4 Å². The zero-order valence-corrected chi connectivity index (χ0v) is 15.6. The summed E-state index contributed by atoms with van der Waals surface area (Å²) in [5.41, 5.74) is 1.60. The molecule has 4 nitrogen and oxygen atoms in total. The summed E-state index contributed by atoms with van der Waals surface area (Å²) in [7, 11) is 0. The fourth-order valence-corrected chi connectivity index (χ4v) is 1.99. The molecule has 2 rings (SSSR count). The molecule has 0 spiro atoms. The maximum absolute atomic E-state index is 5.76. The third kappa shape index (κ3) is 6.57. The van der Waals surface area contributed by atoms with Crippen LogP contribution < -0.4 is 9.47 Å². The molecule has 0 amide bonds. The Bertz CT molecular complexity index is 651. The Morgan fingerprint density at radius 3 is 1.76 bits per heavy atom. The number of nitrogens with zero attached hydrogens (tertiary/aromatic N) is 2. The van der Waals surface area contributed by atoms with Gasteiger partial charge in [0.2, 0.25) is 0 Å². The second kappa shape index (κ2) is 9.82. The van der Waals surface area contributed by atoms with Gasteiger partial charge in [-0.25, -0.2) is 0 Å². The van der Waals surface area contributed by atoms with Crippen LogP contribution in [0.1, 0.15) is 40.5 Å². The topological polar surface area (TPSA) is 43.2 Å². The normalized spacial score (nSPS) is 13.6. The third-order valence-corrected chi connectivity index (χ3v) is 4.10. The Morgan fingerprint density at radius 2 is 1.28 bits per heavy atom. The Kier molecular flexibility index (Phi) is 7.45. The molecule has 25 heavy (non-hydrogen) atoms. The number of azo groups is 1. The number of hydrogen-bond acceptors (Lipinski definition) is 4. The molecule has 0 radical (unpaired) electrons. The molecule has 0 aliphatic carbocycles. The van der Waals surface area contributed by atoms with Crippen LogP contribution in [-0.2, 0) is 0 Å². The fourth-order valence-electron chi connectivity index (χ4n) is 1.99. The Labute approximate surface area is 150 Å². The van der Waals surface area contributed by atoms with Gasteiger partial charge < -0.3 is 9.47 Å². The summed E-state index contributed by atoms with van der Waals surface area (Å²) in [5.74, 6) is 2.29. The third-order valence-electron chi connectivity index (χ3n) is 4.10. The van der Waals surface area contributed by atoms with E-state index in [0.29, 0.717) is 5.92 Å². The van der Waals surface area contributed by atoms with Gasteiger partial charge in [0, 0.05) is 0 Å². The minimum absolute atomic E-state index is 0.216. The average molecular weight is 340 g/mol. The minimum atomic E-state index is 0.216. The van der Waals surface area contributed by atoms with E-state index in [4.69, 9.17) is 9.47 Å². The van der Waals surface area contributed by atoms with Gasteiger partial charge in [0.05, 0.1) is 24.1 Å². The highest BCUT2D eigenvalue weighted by Crippen LogP contribution is 2.24. The van der Waals surface area contributed by atoms with Crippen LogP contribution in [0.15, 0.2) is 58.8 Å². The van der Waals surface area contributed by atoms with Crippen LogP contribution in [0.5, 0.6) is 11.5 Å². The van der Waals surface area contributed by atoms with Crippen LogP contribution >= 0.6 is 0 Å². The zero-order chi connectivity index (χ0) is 18.1. The molecule has 2 atom stereocenters. The average Bonchev–Trinajstić information content (AvgIpc) is 2.66. The fraction of sp³-hybridized carbons (Fsp3) is 0.429. The summed E-state index contributed by atoms with van der Waals surface area (Å²) >= 11 is 0. The van der Waals surface area contributed by atoms with E-state index in [1.165, 1.54) is 0 Å². The Morgan fingerprint density at radius 1 is 0.760 bits per heavy atom. The number of hydrogen-bond donors (Lipinski definition) is 0. The van der Waals surface area contributed by atoms with Crippen molar-refractivity contribution in [2.45, 2.75) is 46.6 Å². The number of ether oxygens (including phenoxy) is 2. The zero-order valence-electron chi connectivity index (χ0n) is 15.6. The highest BCUT2D eigenvalue weighted by molar-refractivity contribution is 5.44. The standard InChI is InChI=1S/C21H28N2O2/c1-5-16(3)15-24-20-11-7-18(8-12-20)22-23-19-9-13-21(14-10-19)25-17(4)6-2/h7-14,16-17H,5-6,15H2,1-4H3. The van der Waals surface area contributed by atoms with Crippen LogP contribution in [0, 0.1) is 5.92 Å². The van der Waals surface area contributed by atoms with E-state index in [2.05, 4.69) is 37.9 Å². The highest BCUT2D eigenvalue weighted by atomic mass is 16.5. The number of benzene rings is 2. The van der Waals surface area contributed by atoms with Crippen molar-refractivity contribution in [3.05, 3.63) is 48.5 Å². The molecule has 134 valence electrons. The molecule has 0 fully saturated rings. The lowest BCUT2D eigenvalue weighted by atomic mass is 10.1. The lowest BCUT2D eigenvalue weighted by Crippen LogP contribution is -2.09. The molecule has 0 aliphatic rings. The molecule has 0 aromatic heterocycles. The SMILES string of the molecule is CCC(C)COc1ccc(N=Nc2ccc(OC(C)CC)cc2)cc1. The summed E-state index contributed by atoms with van der Waals surface area (Å²) in [6.45, 7) is 9.25. The Balaban J connectivity index is 1.90. The van der Waals surface area contributed by atoms with Crippen LogP contribution in [-0.4, -0.2) is 12.7 Å². The van der Waals surface area contributed by atoms with Gasteiger partial charge in [0.1, 0.15) is 11.5 Å². The van der Waals surface area contributed by atoms with Crippen molar-refractivity contribution in [2.75, 3.05) is 6.61 Å². The summed E-state index contributed by atoms with van der Waals surface area (Å²) in [6, 6.07) is 15.3. The van der Waals surface area contributed by atoms with Gasteiger partial charge >= 0.3 is 0 Å². The lowest BCUT2D eigenvalue weighted by Gasteiger charge is -2.12. The smallest absolute Gasteiger partial charge is 0.119 e. The van der Waals surface area contributed by atoms with Crippen molar-refractivity contribution in [3.8, 4) is 11.5 Å². The maximum Gasteiger partial charge on any atom is 0.119 e. The van der Waals surface area contributed by atoms with Gasteiger partial charge in [-0.2, -0.15) is 10.2 Å². The summed E-state index contributed by atoms with van der Waals surface area (Å²) in [5, 5.41) is 8.53. The van der Waals surface area contributed by atoms with Gasteiger partial charge in [-0.05, 0) is 67.8 Å². The second-order valence-corrected chi connectivity index (χ2v) is 6.35. The first kappa shape index (κ1) is 19.0. The van der Waals surface area contributed by atoms with E-state index in [1.807, 2.05) is 48.5 Å². The van der Waals surface area contributed by atoms with Crippen molar-refractivity contribution in [3.63, 3.8) is 0 Å².